The fraction of sp³-hybridized carbons (Fsp3) is 0.429. The lowest BCUT2D eigenvalue weighted by Crippen LogP contribution is -2.21. The molecule has 2 atom stereocenters. The number of halogens is 1. The van der Waals surface area contributed by atoms with Gasteiger partial charge in [-0.15, -0.1) is 0 Å². The second-order valence-electron chi connectivity index (χ2n) is 4.68. The van der Waals surface area contributed by atoms with Crippen molar-refractivity contribution in [3.63, 3.8) is 0 Å². The van der Waals surface area contributed by atoms with Crippen LogP contribution in [-0.4, -0.2) is 22.2 Å². The van der Waals surface area contributed by atoms with Gasteiger partial charge in [0.1, 0.15) is 0 Å². The van der Waals surface area contributed by atoms with Gasteiger partial charge in [0.25, 0.3) is 0 Å². The van der Waals surface area contributed by atoms with Crippen molar-refractivity contribution in [1.82, 2.24) is 0 Å². The molecule has 0 amide bonds. The van der Waals surface area contributed by atoms with Gasteiger partial charge in [-0.3, -0.25) is 9.59 Å². The Morgan fingerprint density at radius 1 is 1.16 bits per heavy atom. The molecule has 0 radical (unpaired) electrons. The molecule has 1 rings (SSSR count). The minimum absolute atomic E-state index is 0.176. The van der Waals surface area contributed by atoms with E-state index in [1.54, 1.807) is 6.92 Å². The van der Waals surface area contributed by atoms with Crippen molar-refractivity contribution in [1.29, 1.82) is 0 Å². The predicted molar refractivity (Wildman–Crippen MR) is 80.0 cm³/mol. The highest BCUT2D eigenvalue weighted by atomic mass is 127. The lowest BCUT2D eigenvalue weighted by molar-refractivity contribution is -0.145. The second kappa shape index (κ2) is 7.47. The summed E-state index contributed by atoms with van der Waals surface area (Å²) < 4.78 is 1.13. The molecule has 0 aliphatic heterocycles. The van der Waals surface area contributed by atoms with Gasteiger partial charge in [0.2, 0.25) is 0 Å². The van der Waals surface area contributed by atoms with Gasteiger partial charge in [-0.05, 0) is 59.5 Å². The molecule has 5 heteroatoms. The molecule has 1 unspecified atom stereocenters. The normalized spacial score (nSPS) is 13.8. The Hall–Kier alpha value is -1.11. The van der Waals surface area contributed by atoms with Gasteiger partial charge in [-0.25, -0.2) is 0 Å². The van der Waals surface area contributed by atoms with Gasteiger partial charge in [-0.2, -0.15) is 0 Å². The zero-order valence-corrected chi connectivity index (χ0v) is 12.8. The van der Waals surface area contributed by atoms with Gasteiger partial charge in [0.15, 0.2) is 0 Å². The van der Waals surface area contributed by atoms with Gasteiger partial charge in [0.05, 0.1) is 11.8 Å². The van der Waals surface area contributed by atoms with Gasteiger partial charge >= 0.3 is 11.9 Å². The summed E-state index contributed by atoms with van der Waals surface area (Å²) >= 11 is 2.21. The highest BCUT2D eigenvalue weighted by Gasteiger charge is 2.23. The van der Waals surface area contributed by atoms with Crippen LogP contribution in [0.15, 0.2) is 24.3 Å². The van der Waals surface area contributed by atoms with Crippen molar-refractivity contribution in [2.45, 2.75) is 26.2 Å². The minimum Gasteiger partial charge on any atom is -0.481 e. The van der Waals surface area contributed by atoms with E-state index in [0.717, 1.165) is 9.13 Å². The Morgan fingerprint density at radius 3 is 2.21 bits per heavy atom. The van der Waals surface area contributed by atoms with Crippen LogP contribution in [0.5, 0.6) is 0 Å². The highest BCUT2D eigenvalue weighted by molar-refractivity contribution is 14.1. The summed E-state index contributed by atoms with van der Waals surface area (Å²) in [6.07, 6.45) is 1.29. The maximum Gasteiger partial charge on any atom is 0.306 e. The van der Waals surface area contributed by atoms with Crippen molar-refractivity contribution in [3.8, 4) is 0 Å². The summed E-state index contributed by atoms with van der Waals surface area (Å²) in [5.74, 6) is -3.10. The molecule has 0 bridgehead atoms. The average molecular weight is 376 g/mol. The topological polar surface area (TPSA) is 74.6 Å². The first kappa shape index (κ1) is 15.9. The zero-order valence-electron chi connectivity index (χ0n) is 10.7. The summed E-state index contributed by atoms with van der Waals surface area (Å²) in [4.78, 5) is 21.9. The number of rotatable bonds is 7. The number of carboxylic acid groups (broad SMARTS) is 2. The Kier molecular flexibility index (Phi) is 6.27. The maximum atomic E-state index is 11.1. The molecule has 0 heterocycles. The second-order valence-corrected chi connectivity index (χ2v) is 5.92. The largest absolute Gasteiger partial charge is 0.481 e. The van der Waals surface area contributed by atoms with E-state index >= 15 is 0 Å². The fourth-order valence-corrected chi connectivity index (χ4v) is 2.22. The molecule has 0 spiro atoms. The third-order valence-electron chi connectivity index (χ3n) is 3.10. The molecule has 0 aliphatic carbocycles. The van der Waals surface area contributed by atoms with Crippen molar-refractivity contribution >= 4 is 34.5 Å². The van der Waals surface area contributed by atoms with E-state index in [-0.39, 0.29) is 6.42 Å². The van der Waals surface area contributed by atoms with E-state index in [0.29, 0.717) is 12.8 Å². The number of aliphatic carboxylic acids is 2. The summed E-state index contributed by atoms with van der Waals surface area (Å²) in [5, 5.41) is 18.0. The molecule has 2 N–H and O–H groups in total. The molecular formula is C14H17IO4. The first-order valence-corrected chi connectivity index (χ1v) is 7.18. The number of hydrogen-bond donors (Lipinski definition) is 2. The number of carbonyl (C=O) groups is 2. The van der Waals surface area contributed by atoms with Crippen molar-refractivity contribution < 1.29 is 19.8 Å². The minimum atomic E-state index is -0.944. The van der Waals surface area contributed by atoms with Gasteiger partial charge < -0.3 is 10.2 Å². The number of benzene rings is 1. The lowest BCUT2D eigenvalue weighted by Gasteiger charge is -2.14. The summed E-state index contributed by atoms with van der Waals surface area (Å²) in [6, 6.07) is 7.90. The third-order valence-corrected chi connectivity index (χ3v) is 3.82. The summed E-state index contributed by atoms with van der Waals surface area (Å²) in [7, 11) is 0. The van der Waals surface area contributed by atoms with Crippen LogP contribution in [0.2, 0.25) is 0 Å². The Labute approximate surface area is 126 Å². The summed E-state index contributed by atoms with van der Waals surface area (Å²) in [6.45, 7) is 1.54. The van der Waals surface area contributed by atoms with Crippen LogP contribution in [0.4, 0.5) is 0 Å². The first-order valence-electron chi connectivity index (χ1n) is 6.10. The molecular weight excluding hydrogens is 359 g/mol. The fourth-order valence-electron chi connectivity index (χ4n) is 1.86. The number of carboxylic acids is 2. The van der Waals surface area contributed by atoms with Crippen molar-refractivity contribution in [3.05, 3.63) is 33.4 Å². The van der Waals surface area contributed by atoms with Crippen LogP contribution in [-0.2, 0) is 16.0 Å². The molecule has 104 valence electrons. The summed E-state index contributed by atoms with van der Waals surface area (Å²) in [5.41, 5.74) is 1.08. The molecule has 0 saturated carbocycles. The molecule has 0 fully saturated rings. The van der Waals surface area contributed by atoms with Crippen molar-refractivity contribution in [2.75, 3.05) is 0 Å². The molecule has 1 aromatic carbocycles. The van der Waals surface area contributed by atoms with Crippen LogP contribution in [0.25, 0.3) is 0 Å². The smallest absolute Gasteiger partial charge is 0.306 e. The molecule has 0 aromatic heterocycles. The van der Waals surface area contributed by atoms with E-state index < -0.39 is 23.8 Å². The highest BCUT2D eigenvalue weighted by Crippen LogP contribution is 2.19. The third kappa shape index (κ3) is 5.59. The quantitative estimate of drug-likeness (QED) is 0.718. The SMILES string of the molecule is CC(C[C@@H](CCc1ccc(I)cc1)C(=O)O)C(=O)O. The molecule has 19 heavy (non-hydrogen) atoms. The van der Waals surface area contributed by atoms with E-state index in [1.807, 2.05) is 24.3 Å². The van der Waals surface area contributed by atoms with E-state index in [4.69, 9.17) is 10.2 Å². The van der Waals surface area contributed by atoms with E-state index in [1.165, 1.54) is 0 Å². The molecule has 0 aliphatic rings. The van der Waals surface area contributed by atoms with Crippen LogP contribution in [0.1, 0.15) is 25.3 Å². The zero-order chi connectivity index (χ0) is 14.4. The molecule has 1 aromatic rings. The Morgan fingerprint density at radius 2 is 1.74 bits per heavy atom. The molecule has 0 saturated heterocycles. The Balaban J connectivity index is 2.57. The maximum absolute atomic E-state index is 11.1. The predicted octanol–water partition coefficient (Wildman–Crippen LogP) is 3.04. The van der Waals surface area contributed by atoms with Crippen LogP contribution >= 0.6 is 22.6 Å². The first-order chi connectivity index (χ1) is 8.90. The van der Waals surface area contributed by atoms with Crippen LogP contribution in [0, 0.1) is 15.4 Å². The van der Waals surface area contributed by atoms with Crippen LogP contribution in [0.3, 0.4) is 0 Å². The lowest BCUT2D eigenvalue weighted by atomic mass is 9.90. The van der Waals surface area contributed by atoms with Gasteiger partial charge in [-0.1, -0.05) is 19.1 Å². The van der Waals surface area contributed by atoms with Gasteiger partial charge in [0, 0.05) is 3.57 Å². The average Bonchev–Trinajstić information content (AvgIpc) is 2.35. The van der Waals surface area contributed by atoms with E-state index in [2.05, 4.69) is 22.6 Å². The monoisotopic (exact) mass is 376 g/mol. The standard InChI is InChI=1S/C14H17IO4/c1-9(13(16)17)8-11(14(18)19)5-2-10-3-6-12(15)7-4-10/h3-4,6-7,9,11H,2,5,8H2,1H3,(H,16,17)(H,18,19)/t9?,11-/m1/s1. The van der Waals surface area contributed by atoms with E-state index in [9.17, 15) is 9.59 Å². The number of hydrogen-bond acceptors (Lipinski definition) is 2. The van der Waals surface area contributed by atoms with Crippen LogP contribution < -0.4 is 0 Å². The number of aryl methyl sites for hydroxylation is 1. The van der Waals surface area contributed by atoms with Crippen molar-refractivity contribution in [2.24, 2.45) is 11.8 Å². The molecule has 4 nitrogen and oxygen atoms in total. The Bertz CT molecular complexity index is 441.